The summed E-state index contributed by atoms with van der Waals surface area (Å²) in [4.78, 5) is 12.2. The molecule has 1 N–H and O–H groups in total. The number of carbonyl (C=O) groups excluding carboxylic acids is 1. The number of methoxy groups -OCH3 is 1. The number of rotatable bonds is 3. The van der Waals surface area contributed by atoms with Gasteiger partial charge in [-0.15, -0.1) is 0 Å². The minimum Gasteiger partial charge on any atom is -0.459 e. The Bertz CT molecular complexity index is 450. The van der Waals surface area contributed by atoms with Crippen LogP contribution in [0.25, 0.3) is 0 Å². The first-order chi connectivity index (χ1) is 9.85. The Morgan fingerprint density at radius 1 is 1.52 bits per heavy atom. The Kier molecular flexibility index (Phi) is 4.89. The number of hydrogen-bond donors (Lipinski definition) is 1. The second kappa shape index (κ2) is 6.32. The maximum atomic E-state index is 12.2. The van der Waals surface area contributed by atoms with Crippen LogP contribution in [0.1, 0.15) is 33.6 Å². The van der Waals surface area contributed by atoms with Crippen LogP contribution in [-0.2, 0) is 14.3 Å². The van der Waals surface area contributed by atoms with Gasteiger partial charge in [-0.05, 0) is 32.1 Å². The summed E-state index contributed by atoms with van der Waals surface area (Å²) in [6.45, 7) is 5.88. The van der Waals surface area contributed by atoms with Crippen molar-refractivity contribution in [1.82, 2.24) is 0 Å². The van der Waals surface area contributed by atoms with Crippen molar-refractivity contribution in [1.29, 1.82) is 0 Å². The molecule has 0 saturated heterocycles. The highest BCUT2D eigenvalue weighted by molar-refractivity contribution is 5.70. The Morgan fingerprint density at radius 3 is 2.90 bits per heavy atom. The largest absolute Gasteiger partial charge is 0.459 e. The fraction of sp³-hybridized carbons (Fsp3) is 0.706. The molecule has 1 aliphatic carbocycles. The van der Waals surface area contributed by atoms with E-state index in [2.05, 4.69) is 25.2 Å². The number of aliphatic hydroxyl groups is 1. The van der Waals surface area contributed by atoms with Gasteiger partial charge in [-0.25, -0.2) is 0 Å². The Labute approximate surface area is 126 Å². The van der Waals surface area contributed by atoms with Crippen molar-refractivity contribution in [2.75, 3.05) is 13.7 Å². The Hall–Kier alpha value is -1.13. The van der Waals surface area contributed by atoms with E-state index in [4.69, 9.17) is 9.47 Å². The van der Waals surface area contributed by atoms with E-state index in [0.717, 1.165) is 6.42 Å². The molecule has 1 unspecified atom stereocenters. The molecule has 1 heterocycles. The zero-order valence-electron chi connectivity index (χ0n) is 13.3. The number of hydrogen-bond acceptors (Lipinski definition) is 4. The molecule has 0 aromatic carbocycles. The van der Waals surface area contributed by atoms with E-state index >= 15 is 0 Å². The highest BCUT2D eigenvalue weighted by Crippen LogP contribution is 2.37. The lowest BCUT2D eigenvalue weighted by Gasteiger charge is -2.34. The van der Waals surface area contributed by atoms with Crippen molar-refractivity contribution in [3.05, 3.63) is 23.8 Å². The van der Waals surface area contributed by atoms with Gasteiger partial charge in [0.25, 0.3) is 0 Å². The van der Waals surface area contributed by atoms with Crippen LogP contribution in [0, 0.1) is 17.8 Å². The summed E-state index contributed by atoms with van der Waals surface area (Å²) in [6.07, 6.45) is 7.15. The molecule has 5 atom stereocenters. The molecule has 4 nitrogen and oxygen atoms in total. The van der Waals surface area contributed by atoms with E-state index < -0.39 is 11.7 Å². The van der Waals surface area contributed by atoms with Gasteiger partial charge >= 0.3 is 5.97 Å². The summed E-state index contributed by atoms with van der Waals surface area (Å²) in [5.41, 5.74) is 0.0737. The van der Waals surface area contributed by atoms with Crippen LogP contribution in [0.3, 0.4) is 0 Å². The van der Waals surface area contributed by atoms with Gasteiger partial charge in [0.1, 0.15) is 11.7 Å². The maximum absolute atomic E-state index is 12.2. The van der Waals surface area contributed by atoms with Crippen LogP contribution < -0.4 is 0 Å². The molecule has 0 aromatic rings. The van der Waals surface area contributed by atoms with Crippen molar-refractivity contribution in [3.8, 4) is 0 Å². The van der Waals surface area contributed by atoms with Crippen molar-refractivity contribution < 1.29 is 19.4 Å². The first-order valence-corrected chi connectivity index (χ1v) is 7.61. The van der Waals surface area contributed by atoms with Crippen molar-refractivity contribution >= 4 is 5.97 Å². The van der Waals surface area contributed by atoms with Crippen molar-refractivity contribution in [2.45, 2.75) is 45.3 Å². The fourth-order valence-electron chi connectivity index (χ4n) is 3.63. The second-order valence-corrected chi connectivity index (χ2v) is 6.61. The zero-order valence-corrected chi connectivity index (χ0v) is 13.3. The van der Waals surface area contributed by atoms with Crippen molar-refractivity contribution in [2.24, 2.45) is 17.8 Å². The summed E-state index contributed by atoms with van der Waals surface area (Å²) >= 11 is 0. The normalized spacial score (nSPS) is 38.3. The zero-order chi connectivity index (χ0) is 15.6. The summed E-state index contributed by atoms with van der Waals surface area (Å²) in [7, 11) is 1.53. The number of esters is 1. The van der Waals surface area contributed by atoms with E-state index in [9.17, 15) is 9.90 Å². The highest BCUT2D eigenvalue weighted by Gasteiger charge is 2.40. The molecule has 1 aliphatic heterocycles. The van der Waals surface area contributed by atoms with E-state index in [1.165, 1.54) is 12.7 Å². The topological polar surface area (TPSA) is 55.8 Å². The third-order valence-corrected chi connectivity index (χ3v) is 4.59. The minimum atomic E-state index is -1.20. The lowest BCUT2D eigenvalue weighted by atomic mass is 9.83. The van der Waals surface area contributed by atoms with Crippen LogP contribution in [0.15, 0.2) is 23.8 Å². The average Bonchev–Trinajstić information content (AvgIpc) is 2.83. The smallest absolute Gasteiger partial charge is 0.306 e. The Morgan fingerprint density at radius 2 is 2.24 bits per heavy atom. The molecule has 0 radical (unpaired) electrons. The predicted octanol–water partition coefficient (Wildman–Crippen LogP) is 2.47. The van der Waals surface area contributed by atoms with Gasteiger partial charge in [0.15, 0.2) is 0 Å². The molecule has 0 saturated carbocycles. The SMILES string of the molecule is COCC(C)(O)[C@H]1OC(=O)C[C@H]2C=CC[C@H]2/C(C)=C/[C@H]1C. The molecule has 0 fully saturated rings. The molecule has 21 heavy (non-hydrogen) atoms. The molecule has 2 aliphatic rings. The van der Waals surface area contributed by atoms with Gasteiger partial charge in [0.2, 0.25) is 0 Å². The monoisotopic (exact) mass is 294 g/mol. The molecule has 0 spiro atoms. The maximum Gasteiger partial charge on any atom is 0.306 e. The third kappa shape index (κ3) is 3.55. The molecular formula is C17H26O4. The van der Waals surface area contributed by atoms with E-state index in [1.54, 1.807) is 6.92 Å². The van der Waals surface area contributed by atoms with Gasteiger partial charge in [0.05, 0.1) is 13.0 Å². The van der Waals surface area contributed by atoms with Crippen molar-refractivity contribution in [3.63, 3.8) is 0 Å². The predicted molar refractivity (Wildman–Crippen MR) is 80.7 cm³/mol. The summed E-state index contributed by atoms with van der Waals surface area (Å²) < 4.78 is 10.7. The fourth-order valence-corrected chi connectivity index (χ4v) is 3.63. The number of allylic oxidation sites excluding steroid dienone is 3. The summed E-state index contributed by atoms with van der Waals surface area (Å²) in [5, 5.41) is 10.6. The number of ether oxygens (including phenoxy) is 2. The van der Waals surface area contributed by atoms with Crippen LogP contribution in [0.5, 0.6) is 0 Å². The highest BCUT2D eigenvalue weighted by atomic mass is 16.6. The third-order valence-electron chi connectivity index (χ3n) is 4.59. The quantitative estimate of drug-likeness (QED) is 0.642. The van der Waals surface area contributed by atoms with Gasteiger partial charge in [0, 0.05) is 13.0 Å². The molecule has 118 valence electrons. The lowest BCUT2D eigenvalue weighted by Crippen LogP contribution is -2.49. The van der Waals surface area contributed by atoms with E-state index in [1.807, 2.05) is 6.92 Å². The minimum absolute atomic E-state index is 0.0570. The average molecular weight is 294 g/mol. The van der Waals surface area contributed by atoms with Gasteiger partial charge in [-0.3, -0.25) is 4.79 Å². The number of carbonyl (C=O) groups is 1. The molecule has 0 bridgehead atoms. The van der Waals surface area contributed by atoms with E-state index in [-0.39, 0.29) is 24.4 Å². The first kappa shape index (κ1) is 16.2. The number of cyclic esters (lactones) is 1. The van der Waals surface area contributed by atoms with Crippen LogP contribution in [-0.4, -0.2) is 36.5 Å². The standard InChI is InChI=1S/C17H26O4/c1-11-8-12(2)16(17(3,19)10-20-4)21-15(18)9-13-6-5-7-14(11)13/h5-6,8,12-14,16,19H,7,9-10H2,1-4H3/b11-8+/t12-,13-,14+,16+,17?/m1/s1. The van der Waals surface area contributed by atoms with Crippen LogP contribution in [0.4, 0.5) is 0 Å². The second-order valence-electron chi connectivity index (χ2n) is 6.61. The van der Waals surface area contributed by atoms with Gasteiger partial charge in [-0.2, -0.15) is 0 Å². The molecule has 2 rings (SSSR count). The number of fused-ring (bicyclic) bond motifs is 1. The first-order valence-electron chi connectivity index (χ1n) is 7.61. The molecule has 4 heteroatoms. The van der Waals surface area contributed by atoms with Crippen LogP contribution in [0.2, 0.25) is 0 Å². The molecule has 0 amide bonds. The lowest BCUT2D eigenvalue weighted by molar-refractivity contribution is -0.174. The Balaban J connectivity index is 2.28. The summed E-state index contributed by atoms with van der Waals surface area (Å²) in [5.74, 6) is 0.296. The molecular weight excluding hydrogens is 268 g/mol. The van der Waals surface area contributed by atoms with E-state index in [0.29, 0.717) is 12.3 Å². The van der Waals surface area contributed by atoms with Gasteiger partial charge in [-0.1, -0.05) is 30.7 Å². The van der Waals surface area contributed by atoms with Crippen LogP contribution >= 0.6 is 0 Å². The summed E-state index contributed by atoms with van der Waals surface area (Å²) in [6, 6.07) is 0. The van der Waals surface area contributed by atoms with Gasteiger partial charge < -0.3 is 14.6 Å². The molecule has 0 aromatic heterocycles.